The van der Waals surface area contributed by atoms with Gasteiger partial charge in [-0.1, -0.05) is 28.1 Å². The van der Waals surface area contributed by atoms with Crippen molar-refractivity contribution in [2.75, 3.05) is 5.32 Å². The molecule has 2 aromatic carbocycles. The van der Waals surface area contributed by atoms with Gasteiger partial charge in [-0.3, -0.25) is 4.79 Å². The van der Waals surface area contributed by atoms with E-state index < -0.39 is 0 Å². The van der Waals surface area contributed by atoms with Gasteiger partial charge in [-0.05, 0) is 65.1 Å². The van der Waals surface area contributed by atoms with Crippen molar-refractivity contribution in [3.8, 4) is 0 Å². The highest BCUT2D eigenvalue weighted by Crippen LogP contribution is 2.22. The lowest BCUT2D eigenvalue weighted by Gasteiger charge is -2.11. The summed E-state index contributed by atoms with van der Waals surface area (Å²) < 4.78 is 1.92. The number of halogens is 2. The summed E-state index contributed by atoms with van der Waals surface area (Å²) in [5.41, 5.74) is 7.48. The van der Waals surface area contributed by atoms with Crippen LogP contribution in [0.25, 0.3) is 0 Å². The summed E-state index contributed by atoms with van der Waals surface area (Å²) in [5.74, 6) is -0.197. The van der Waals surface area contributed by atoms with Crippen molar-refractivity contribution >= 4 is 67.3 Å². The number of nitrogens with two attached hydrogens (primary N) is 1. The number of rotatable bonds is 3. The topological polar surface area (TPSA) is 55.1 Å². The fourth-order valence-electron chi connectivity index (χ4n) is 1.63. The third-order valence-electron chi connectivity index (χ3n) is 2.60. The van der Waals surface area contributed by atoms with Gasteiger partial charge in [-0.15, -0.1) is 0 Å². The van der Waals surface area contributed by atoms with Gasteiger partial charge in [0, 0.05) is 19.2 Å². The molecule has 0 saturated heterocycles. The van der Waals surface area contributed by atoms with Crippen molar-refractivity contribution in [3.05, 3.63) is 61.6 Å². The van der Waals surface area contributed by atoms with E-state index in [0.29, 0.717) is 16.8 Å². The van der Waals surface area contributed by atoms with Crippen LogP contribution in [0.5, 0.6) is 0 Å². The average molecular weight is 461 g/mol. The van der Waals surface area contributed by atoms with Gasteiger partial charge in [0.15, 0.2) is 0 Å². The minimum atomic E-state index is -0.197. The zero-order chi connectivity index (χ0) is 14.7. The van der Waals surface area contributed by atoms with Gasteiger partial charge in [0.25, 0.3) is 5.91 Å². The molecule has 20 heavy (non-hydrogen) atoms. The van der Waals surface area contributed by atoms with Crippen LogP contribution in [0.15, 0.2) is 46.9 Å². The van der Waals surface area contributed by atoms with Crippen molar-refractivity contribution in [2.24, 2.45) is 5.73 Å². The Morgan fingerprint density at radius 3 is 2.45 bits per heavy atom. The van der Waals surface area contributed by atoms with Crippen LogP contribution in [0.3, 0.4) is 0 Å². The third kappa shape index (κ3) is 3.77. The fourth-order valence-corrected chi connectivity index (χ4v) is 2.53. The van der Waals surface area contributed by atoms with Crippen LogP contribution in [-0.4, -0.2) is 10.9 Å². The normalized spacial score (nSPS) is 10.1. The number of nitrogens with one attached hydrogen (secondary N) is 1. The van der Waals surface area contributed by atoms with Crippen molar-refractivity contribution in [2.45, 2.75) is 0 Å². The fraction of sp³-hybridized carbons (Fsp3) is 0. The molecular formula is C14H10BrIN2OS. The Balaban J connectivity index is 2.29. The third-order valence-corrected chi connectivity index (χ3v) is 4.03. The standard InChI is InChI=1S/C14H10BrIN2OS/c15-9-3-6-11(13(17)20)12(7-9)18-14(19)8-1-4-10(16)5-2-8/h1-7H,(H2,17,20)(H,18,19). The minimum Gasteiger partial charge on any atom is -0.389 e. The van der Waals surface area contributed by atoms with E-state index in [1.807, 2.05) is 18.2 Å². The summed E-state index contributed by atoms with van der Waals surface area (Å²) in [6, 6.07) is 12.7. The van der Waals surface area contributed by atoms with E-state index in [4.69, 9.17) is 18.0 Å². The molecule has 3 N–H and O–H groups in total. The summed E-state index contributed by atoms with van der Waals surface area (Å²) in [7, 11) is 0. The molecule has 2 aromatic rings. The Labute approximate surface area is 144 Å². The SMILES string of the molecule is NC(=S)c1ccc(Br)cc1NC(=O)c1ccc(I)cc1. The maximum absolute atomic E-state index is 12.2. The first-order chi connectivity index (χ1) is 9.47. The van der Waals surface area contributed by atoms with Crippen LogP contribution < -0.4 is 11.1 Å². The van der Waals surface area contributed by atoms with Gasteiger partial charge in [-0.2, -0.15) is 0 Å². The van der Waals surface area contributed by atoms with Gasteiger partial charge in [0.2, 0.25) is 0 Å². The number of hydrogen-bond donors (Lipinski definition) is 2. The summed E-state index contributed by atoms with van der Waals surface area (Å²) >= 11 is 10.5. The predicted octanol–water partition coefficient (Wildman–Crippen LogP) is 3.94. The molecule has 0 atom stereocenters. The highest BCUT2D eigenvalue weighted by molar-refractivity contribution is 14.1. The maximum Gasteiger partial charge on any atom is 0.255 e. The molecule has 0 aliphatic carbocycles. The molecule has 0 aliphatic heterocycles. The van der Waals surface area contributed by atoms with Crippen molar-refractivity contribution in [1.29, 1.82) is 0 Å². The first-order valence-electron chi connectivity index (χ1n) is 5.63. The number of anilines is 1. The lowest BCUT2D eigenvalue weighted by molar-refractivity contribution is 0.102. The first kappa shape index (κ1) is 15.4. The molecule has 102 valence electrons. The lowest BCUT2D eigenvalue weighted by atomic mass is 10.1. The molecule has 1 amide bonds. The van der Waals surface area contributed by atoms with E-state index in [1.165, 1.54) is 0 Å². The first-order valence-corrected chi connectivity index (χ1v) is 7.91. The number of amides is 1. The molecule has 0 aliphatic rings. The number of hydrogen-bond acceptors (Lipinski definition) is 2. The van der Waals surface area contributed by atoms with Gasteiger partial charge in [0.05, 0.1) is 5.69 Å². The van der Waals surface area contributed by atoms with Crippen LogP contribution in [0.4, 0.5) is 5.69 Å². The second-order valence-electron chi connectivity index (χ2n) is 4.02. The zero-order valence-electron chi connectivity index (χ0n) is 10.2. The zero-order valence-corrected chi connectivity index (χ0v) is 14.8. The Morgan fingerprint density at radius 2 is 1.85 bits per heavy atom. The molecule has 0 unspecified atom stereocenters. The number of carbonyl (C=O) groups is 1. The molecule has 0 saturated carbocycles. The second kappa shape index (κ2) is 6.64. The molecular weight excluding hydrogens is 451 g/mol. The van der Waals surface area contributed by atoms with Gasteiger partial charge >= 0.3 is 0 Å². The quantitative estimate of drug-likeness (QED) is 0.538. The van der Waals surface area contributed by atoms with Crippen LogP contribution in [0.2, 0.25) is 0 Å². The van der Waals surface area contributed by atoms with E-state index in [2.05, 4.69) is 43.8 Å². The lowest BCUT2D eigenvalue weighted by Crippen LogP contribution is -2.17. The number of carbonyl (C=O) groups excluding carboxylic acids is 1. The Kier molecular flexibility index (Phi) is 5.11. The highest BCUT2D eigenvalue weighted by Gasteiger charge is 2.11. The van der Waals surface area contributed by atoms with Crippen LogP contribution >= 0.6 is 50.7 Å². The van der Waals surface area contributed by atoms with E-state index in [0.717, 1.165) is 8.04 Å². The largest absolute Gasteiger partial charge is 0.389 e. The number of benzene rings is 2. The van der Waals surface area contributed by atoms with Crippen LogP contribution in [-0.2, 0) is 0 Å². The average Bonchev–Trinajstić information content (AvgIpc) is 2.39. The molecule has 0 aromatic heterocycles. The van der Waals surface area contributed by atoms with Crippen molar-refractivity contribution in [3.63, 3.8) is 0 Å². The molecule has 3 nitrogen and oxygen atoms in total. The maximum atomic E-state index is 12.2. The summed E-state index contributed by atoms with van der Waals surface area (Å²) in [4.78, 5) is 12.4. The van der Waals surface area contributed by atoms with E-state index in [9.17, 15) is 4.79 Å². The second-order valence-corrected chi connectivity index (χ2v) is 6.62. The summed E-state index contributed by atoms with van der Waals surface area (Å²) in [6.07, 6.45) is 0. The van der Waals surface area contributed by atoms with Gasteiger partial charge in [-0.25, -0.2) is 0 Å². The highest BCUT2D eigenvalue weighted by atomic mass is 127. The molecule has 2 rings (SSSR count). The minimum absolute atomic E-state index is 0.197. The van der Waals surface area contributed by atoms with Crippen LogP contribution in [0, 0.1) is 3.57 Å². The van der Waals surface area contributed by atoms with Crippen molar-refractivity contribution in [1.82, 2.24) is 0 Å². The monoisotopic (exact) mass is 460 g/mol. The van der Waals surface area contributed by atoms with Crippen LogP contribution in [0.1, 0.15) is 15.9 Å². The molecule has 0 heterocycles. The Bertz CT molecular complexity index is 673. The smallest absolute Gasteiger partial charge is 0.255 e. The Hall–Kier alpha value is -0.990. The Morgan fingerprint density at radius 1 is 1.20 bits per heavy atom. The van der Waals surface area contributed by atoms with Crippen molar-refractivity contribution < 1.29 is 4.79 Å². The van der Waals surface area contributed by atoms with E-state index in [-0.39, 0.29) is 10.9 Å². The number of thiocarbonyl (C=S) groups is 1. The molecule has 0 spiro atoms. The van der Waals surface area contributed by atoms with E-state index >= 15 is 0 Å². The molecule has 0 fully saturated rings. The summed E-state index contributed by atoms with van der Waals surface area (Å²) in [6.45, 7) is 0. The van der Waals surface area contributed by atoms with Gasteiger partial charge < -0.3 is 11.1 Å². The molecule has 0 bridgehead atoms. The van der Waals surface area contributed by atoms with E-state index in [1.54, 1.807) is 24.3 Å². The predicted molar refractivity (Wildman–Crippen MR) is 97.1 cm³/mol. The molecule has 6 heteroatoms. The summed E-state index contributed by atoms with van der Waals surface area (Å²) in [5, 5.41) is 2.83. The van der Waals surface area contributed by atoms with Gasteiger partial charge in [0.1, 0.15) is 4.99 Å². The molecule has 0 radical (unpaired) electrons.